The number of fused-ring (bicyclic) bond motifs is 1. The number of nitrogens with one attached hydrogen (secondary N) is 2. The number of carbonyl (C=O) groups is 1. The Morgan fingerprint density at radius 3 is 2.86 bits per heavy atom. The summed E-state index contributed by atoms with van der Waals surface area (Å²) >= 11 is 0. The fourth-order valence-electron chi connectivity index (χ4n) is 4.14. The normalized spacial score (nSPS) is 20.0. The second kappa shape index (κ2) is 8.03. The zero-order valence-electron chi connectivity index (χ0n) is 17.0. The maximum absolute atomic E-state index is 13.0. The Kier molecular flexibility index (Phi) is 5.30. The average Bonchev–Trinajstić information content (AvgIpc) is 3.10. The number of carbonyl (C=O) groups excluding carboxylic acids is 1. The van der Waals surface area contributed by atoms with Crippen LogP contribution in [0, 0.1) is 0 Å². The Bertz CT molecular complexity index is 980. The van der Waals surface area contributed by atoms with E-state index in [2.05, 4.69) is 29.3 Å². The van der Waals surface area contributed by atoms with Gasteiger partial charge in [0.15, 0.2) is 0 Å². The summed E-state index contributed by atoms with van der Waals surface area (Å²) in [4.78, 5) is 14.9. The highest BCUT2D eigenvalue weighted by molar-refractivity contribution is 6.01. The molecule has 5 heteroatoms. The van der Waals surface area contributed by atoms with Gasteiger partial charge in [0, 0.05) is 42.8 Å². The lowest BCUT2D eigenvalue weighted by molar-refractivity contribution is -0.117. The van der Waals surface area contributed by atoms with Gasteiger partial charge in [0.05, 0.1) is 7.11 Å². The first-order valence-corrected chi connectivity index (χ1v) is 10.0. The molecule has 0 bridgehead atoms. The van der Waals surface area contributed by atoms with E-state index in [1.165, 1.54) is 11.1 Å². The summed E-state index contributed by atoms with van der Waals surface area (Å²) in [6.07, 6.45) is 4.68. The number of ether oxygens (including phenoxy) is 1. The van der Waals surface area contributed by atoms with Crippen LogP contribution in [0.4, 0.5) is 11.4 Å². The molecule has 1 heterocycles. The molecule has 0 aromatic heterocycles. The zero-order chi connectivity index (χ0) is 20.4. The van der Waals surface area contributed by atoms with Crippen LogP contribution in [0.5, 0.6) is 5.75 Å². The van der Waals surface area contributed by atoms with E-state index in [4.69, 9.17) is 4.74 Å². The first kappa shape index (κ1) is 19.1. The van der Waals surface area contributed by atoms with Crippen molar-refractivity contribution in [2.24, 2.45) is 0 Å². The SMILES string of the molecule is C=C1CCc2cc(N3CCC(Nc4cccc(OC)c4)C3=O)ccc2/C1=C/NC. The highest BCUT2D eigenvalue weighted by Gasteiger charge is 2.33. The van der Waals surface area contributed by atoms with Gasteiger partial charge in [0.2, 0.25) is 5.91 Å². The summed E-state index contributed by atoms with van der Waals surface area (Å²) in [6.45, 7) is 4.91. The monoisotopic (exact) mass is 389 g/mol. The van der Waals surface area contributed by atoms with Gasteiger partial charge in [-0.2, -0.15) is 0 Å². The first-order valence-electron chi connectivity index (χ1n) is 10.0. The number of nitrogens with zero attached hydrogens (tertiary/aromatic N) is 1. The van der Waals surface area contributed by atoms with Gasteiger partial charge in [-0.3, -0.25) is 4.79 Å². The summed E-state index contributed by atoms with van der Waals surface area (Å²) in [5, 5.41) is 6.47. The van der Waals surface area contributed by atoms with Crippen molar-refractivity contribution in [2.75, 3.05) is 30.9 Å². The second-order valence-corrected chi connectivity index (χ2v) is 7.50. The van der Waals surface area contributed by atoms with Crippen molar-refractivity contribution >= 4 is 22.9 Å². The van der Waals surface area contributed by atoms with Crippen LogP contribution in [0.2, 0.25) is 0 Å². The molecule has 0 radical (unpaired) electrons. The predicted octanol–water partition coefficient (Wildman–Crippen LogP) is 3.98. The molecule has 0 spiro atoms. The topological polar surface area (TPSA) is 53.6 Å². The fourth-order valence-corrected chi connectivity index (χ4v) is 4.14. The molecule has 0 saturated carbocycles. The molecule has 1 aliphatic heterocycles. The molecule has 1 unspecified atom stereocenters. The van der Waals surface area contributed by atoms with Crippen LogP contribution < -0.4 is 20.3 Å². The van der Waals surface area contributed by atoms with Crippen LogP contribution in [-0.4, -0.2) is 32.7 Å². The van der Waals surface area contributed by atoms with Gasteiger partial charge >= 0.3 is 0 Å². The summed E-state index contributed by atoms with van der Waals surface area (Å²) < 4.78 is 5.27. The third-order valence-electron chi connectivity index (χ3n) is 5.67. The average molecular weight is 389 g/mol. The van der Waals surface area contributed by atoms with E-state index < -0.39 is 0 Å². The number of allylic oxidation sites excluding steroid dienone is 2. The fraction of sp³-hybridized carbons (Fsp3) is 0.292. The van der Waals surface area contributed by atoms with Crippen molar-refractivity contribution in [3.63, 3.8) is 0 Å². The quantitative estimate of drug-likeness (QED) is 0.812. The smallest absolute Gasteiger partial charge is 0.249 e. The van der Waals surface area contributed by atoms with Gasteiger partial charge in [0.25, 0.3) is 0 Å². The van der Waals surface area contributed by atoms with E-state index in [0.717, 1.165) is 47.5 Å². The standard InChI is InChI=1S/C24H27N3O2/c1-16-7-8-17-13-19(9-10-21(17)22(16)15-25-2)27-12-11-23(24(27)28)26-18-5-4-6-20(14-18)29-3/h4-6,9-10,13-15,23,25-26H,1,7-8,11-12H2,2-3H3/b22-15+. The van der Waals surface area contributed by atoms with Gasteiger partial charge in [-0.05, 0) is 60.2 Å². The summed E-state index contributed by atoms with van der Waals surface area (Å²) in [7, 11) is 3.55. The largest absolute Gasteiger partial charge is 0.497 e. The van der Waals surface area contributed by atoms with Crippen molar-refractivity contribution in [3.8, 4) is 5.75 Å². The number of hydrogen-bond acceptors (Lipinski definition) is 4. The Morgan fingerprint density at radius 1 is 1.21 bits per heavy atom. The van der Waals surface area contributed by atoms with Crippen molar-refractivity contribution < 1.29 is 9.53 Å². The van der Waals surface area contributed by atoms with Crippen LogP contribution in [-0.2, 0) is 11.2 Å². The van der Waals surface area contributed by atoms with E-state index >= 15 is 0 Å². The number of methoxy groups -OCH3 is 1. The maximum atomic E-state index is 13.0. The third-order valence-corrected chi connectivity index (χ3v) is 5.67. The van der Waals surface area contributed by atoms with E-state index in [1.807, 2.05) is 48.5 Å². The summed E-state index contributed by atoms with van der Waals surface area (Å²) in [5.74, 6) is 0.887. The van der Waals surface area contributed by atoms with E-state index in [1.54, 1.807) is 7.11 Å². The molecule has 150 valence electrons. The first-order chi connectivity index (χ1) is 14.1. The summed E-state index contributed by atoms with van der Waals surface area (Å²) in [5.41, 5.74) is 6.66. The van der Waals surface area contributed by atoms with E-state index in [9.17, 15) is 4.79 Å². The molecule has 1 amide bonds. The minimum atomic E-state index is -0.224. The van der Waals surface area contributed by atoms with Gasteiger partial charge in [0.1, 0.15) is 11.8 Å². The number of amides is 1. The van der Waals surface area contributed by atoms with Crippen molar-refractivity contribution in [2.45, 2.75) is 25.3 Å². The van der Waals surface area contributed by atoms with Crippen molar-refractivity contribution in [1.82, 2.24) is 5.32 Å². The molecule has 2 aliphatic rings. The Morgan fingerprint density at radius 2 is 2.07 bits per heavy atom. The highest BCUT2D eigenvalue weighted by Crippen LogP contribution is 2.36. The Balaban J connectivity index is 1.53. The maximum Gasteiger partial charge on any atom is 0.249 e. The lowest BCUT2D eigenvalue weighted by atomic mass is 9.84. The highest BCUT2D eigenvalue weighted by atomic mass is 16.5. The third kappa shape index (κ3) is 3.73. The van der Waals surface area contributed by atoms with Gasteiger partial charge in [-0.1, -0.05) is 18.7 Å². The lowest BCUT2D eigenvalue weighted by Gasteiger charge is -2.24. The molecule has 2 aromatic rings. The lowest BCUT2D eigenvalue weighted by Crippen LogP contribution is -2.33. The number of aryl methyl sites for hydroxylation is 1. The Labute approximate surface area is 172 Å². The zero-order valence-corrected chi connectivity index (χ0v) is 17.0. The van der Waals surface area contributed by atoms with Crippen LogP contribution in [0.3, 0.4) is 0 Å². The summed E-state index contributed by atoms with van der Waals surface area (Å²) in [6, 6.07) is 13.8. The molecular formula is C24H27N3O2. The minimum absolute atomic E-state index is 0.110. The van der Waals surface area contributed by atoms with Gasteiger partial charge in [-0.25, -0.2) is 0 Å². The molecule has 1 aliphatic carbocycles. The van der Waals surface area contributed by atoms with Gasteiger partial charge in [-0.15, -0.1) is 0 Å². The molecule has 1 atom stereocenters. The number of rotatable bonds is 5. The van der Waals surface area contributed by atoms with Gasteiger partial charge < -0.3 is 20.3 Å². The van der Waals surface area contributed by atoms with Crippen LogP contribution in [0.1, 0.15) is 24.0 Å². The second-order valence-electron chi connectivity index (χ2n) is 7.50. The minimum Gasteiger partial charge on any atom is -0.497 e. The molecule has 1 fully saturated rings. The number of anilines is 2. The predicted molar refractivity (Wildman–Crippen MR) is 118 cm³/mol. The van der Waals surface area contributed by atoms with Crippen LogP contribution >= 0.6 is 0 Å². The molecule has 2 aromatic carbocycles. The van der Waals surface area contributed by atoms with Crippen LogP contribution in [0.15, 0.2) is 60.8 Å². The molecule has 4 rings (SSSR count). The number of hydrogen-bond donors (Lipinski definition) is 2. The van der Waals surface area contributed by atoms with E-state index in [-0.39, 0.29) is 11.9 Å². The molecule has 2 N–H and O–H groups in total. The van der Waals surface area contributed by atoms with Crippen LogP contribution in [0.25, 0.3) is 5.57 Å². The molecular weight excluding hydrogens is 362 g/mol. The number of benzene rings is 2. The Hall–Kier alpha value is -3.21. The van der Waals surface area contributed by atoms with E-state index in [0.29, 0.717) is 6.54 Å². The molecule has 5 nitrogen and oxygen atoms in total. The van der Waals surface area contributed by atoms with Crippen molar-refractivity contribution in [3.05, 3.63) is 71.9 Å². The molecule has 1 saturated heterocycles. The van der Waals surface area contributed by atoms with Crippen molar-refractivity contribution in [1.29, 1.82) is 0 Å². The molecule has 29 heavy (non-hydrogen) atoms.